The Kier molecular flexibility index (Phi) is 5.49. The Labute approximate surface area is 175 Å². The van der Waals surface area contributed by atoms with E-state index in [-0.39, 0.29) is 24.0 Å². The zero-order chi connectivity index (χ0) is 21.1. The monoisotopic (exact) mass is 398 g/mol. The van der Waals surface area contributed by atoms with Gasteiger partial charge in [-0.25, -0.2) is 0 Å². The molecule has 0 N–H and O–H groups in total. The molecule has 150 valence electrons. The van der Waals surface area contributed by atoms with Crippen LogP contribution in [-0.2, 0) is 9.59 Å². The van der Waals surface area contributed by atoms with Crippen molar-refractivity contribution in [3.05, 3.63) is 83.6 Å². The summed E-state index contributed by atoms with van der Waals surface area (Å²) in [5.74, 6) is 0.428. The average molecular weight is 398 g/mol. The van der Waals surface area contributed by atoms with Crippen LogP contribution in [0.5, 0.6) is 5.75 Å². The molecule has 0 spiro atoms. The molecule has 5 heteroatoms. The highest BCUT2D eigenvalue weighted by Crippen LogP contribution is 2.44. The number of rotatable bonds is 5. The number of Topliss-reactive ketones (excluding diaryl/α,β-unsaturated/α-hetero) is 1. The highest BCUT2D eigenvalue weighted by atomic mass is 16.5. The zero-order valence-corrected chi connectivity index (χ0v) is 16.6. The number of allylic oxidation sites excluding steroid dienone is 2. The summed E-state index contributed by atoms with van der Waals surface area (Å²) in [7, 11) is 0. The Bertz CT molecular complexity index is 1080. The number of ketones is 1. The van der Waals surface area contributed by atoms with E-state index in [1.54, 1.807) is 29.2 Å². The Hall–Kier alpha value is -3.65. The minimum atomic E-state index is -0.278. The Morgan fingerprint density at radius 1 is 1.13 bits per heavy atom. The molecule has 1 amide bonds. The third-order valence-corrected chi connectivity index (χ3v) is 5.59. The number of nitriles is 1. The van der Waals surface area contributed by atoms with Crippen LogP contribution >= 0.6 is 0 Å². The highest BCUT2D eigenvalue weighted by molar-refractivity contribution is 6.08. The number of hydrogen-bond donors (Lipinski definition) is 0. The fraction of sp³-hybridized carbons (Fsp3) is 0.240. The lowest BCUT2D eigenvalue weighted by molar-refractivity contribution is -0.119. The van der Waals surface area contributed by atoms with Gasteiger partial charge < -0.3 is 4.74 Å². The molecule has 0 aromatic heterocycles. The van der Waals surface area contributed by atoms with E-state index < -0.39 is 0 Å². The lowest BCUT2D eigenvalue weighted by Gasteiger charge is -2.38. The van der Waals surface area contributed by atoms with Crippen LogP contribution in [0.1, 0.15) is 42.7 Å². The Morgan fingerprint density at radius 3 is 2.63 bits per heavy atom. The molecule has 2 aromatic carbocycles. The van der Waals surface area contributed by atoms with Crippen LogP contribution in [0.3, 0.4) is 0 Å². The predicted molar refractivity (Wildman–Crippen MR) is 114 cm³/mol. The first kappa shape index (κ1) is 19.7. The van der Waals surface area contributed by atoms with Gasteiger partial charge in [0.2, 0.25) is 5.91 Å². The lowest BCUT2D eigenvalue weighted by Crippen LogP contribution is -2.40. The minimum absolute atomic E-state index is 0.0835. The average Bonchev–Trinajstić information content (AvgIpc) is 2.77. The minimum Gasteiger partial charge on any atom is -0.490 e. The first-order valence-electron chi connectivity index (χ1n) is 10.1. The molecular formula is C25H22N2O3. The number of carbonyl (C=O) groups excluding carboxylic acids is 2. The van der Waals surface area contributed by atoms with Crippen molar-refractivity contribution >= 4 is 17.4 Å². The summed E-state index contributed by atoms with van der Waals surface area (Å²) >= 11 is 0. The third kappa shape index (κ3) is 3.53. The van der Waals surface area contributed by atoms with Crippen molar-refractivity contribution in [3.8, 4) is 11.8 Å². The van der Waals surface area contributed by atoms with Gasteiger partial charge in [-0.15, -0.1) is 0 Å². The van der Waals surface area contributed by atoms with Crippen molar-refractivity contribution in [2.45, 2.75) is 31.6 Å². The SMILES string of the molecule is C=CCOc1ccc(C2CC(=O)N(c3ccccc3C#N)C3=C2C(=O)CCC3)cc1. The molecule has 2 aliphatic rings. The van der Waals surface area contributed by atoms with E-state index in [0.717, 1.165) is 17.0 Å². The fourth-order valence-electron chi connectivity index (χ4n) is 4.27. The number of anilines is 1. The van der Waals surface area contributed by atoms with Crippen LogP contribution in [0.2, 0.25) is 0 Å². The molecule has 1 aliphatic heterocycles. The second kappa shape index (κ2) is 8.38. The molecule has 0 saturated carbocycles. The first-order valence-corrected chi connectivity index (χ1v) is 10.1. The summed E-state index contributed by atoms with van der Waals surface area (Å²) < 4.78 is 5.54. The van der Waals surface area contributed by atoms with Gasteiger partial charge >= 0.3 is 0 Å². The molecular weight excluding hydrogens is 376 g/mol. The number of nitrogens with zero attached hydrogens (tertiary/aromatic N) is 2. The number of carbonyl (C=O) groups is 2. The maximum atomic E-state index is 13.3. The fourth-order valence-corrected chi connectivity index (χ4v) is 4.27. The maximum absolute atomic E-state index is 13.3. The molecule has 1 heterocycles. The molecule has 1 unspecified atom stereocenters. The molecule has 0 fully saturated rings. The molecule has 5 nitrogen and oxygen atoms in total. The standard InChI is InChI=1S/C25H22N2O3/c1-2-14-30-19-12-10-17(11-13-19)20-15-24(29)27(21-7-4-3-6-18(21)16-26)22-8-5-9-23(28)25(20)22/h2-4,6-7,10-13,20H,1,5,8-9,14-15H2. The smallest absolute Gasteiger partial charge is 0.232 e. The van der Waals surface area contributed by atoms with E-state index in [4.69, 9.17) is 4.74 Å². The van der Waals surface area contributed by atoms with Crippen LogP contribution in [-0.4, -0.2) is 18.3 Å². The second-order valence-corrected chi connectivity index (χ2v) is 7.42. The summed E-state index contributed by atoms with van der Waals surface area (Å²) in [6.45, 7) is 4.06. The van der Waals surface area contributed by atoms with Gasteiger partial charge in [0.1, 0.15) is 18.4 Å². The van der Waals surface area contributed by atoms with Gasteiger partial charge in [0.25, 0.3) is 0 Å². The first-order chi connectivity index (χ1) is 14.6. The van der Waals surface area contributed by atoms with Crippen molar-refractivity contribution in [1.29, 1.82) is 5.26 Å². The predicted octanol–water partition coefficient (Wildman–Crippen LogP) is 4.65. The van der Waals surface area contributed by atoms with Gasteiger partial charge in [0.05, 0.1) is 11.3 Å². The van der Waals surface area contributed by atoms with Crippen LogP contribution in [0.4, 0.5) is 5.69 Å². The molecule has 0 bridgehead atoms. The molecule has 4 rings (SSSR count). The summed E-state index contributed by atoms with van der Waals surface area (Å²) in [6.07, 6.45) is 3.70. The van der Waals surface area contributed by atoms with Gasteiger partial charge in [-0.2, -0.15) is 5.26 Å². The number of ether oxygens (including phenoxy) is 1. The highest BCUT2D eigenvalue weighted by Gasteiger charge is 2.40. The number of benzene rings is 2. The molecule has 1 atom stereocenters. The largest absolute Gasteiger partial charge is 0.490 e. The number of hydrogen-bond acceptors (Lipinski definition) is 4. The van der Waals surface area contributed by atoms with Crippen LogP contribution in [0.25, 0.3) is 0 Å². The molecule has 0 radical (unpaired) electrons. The molecule has 30 heavy (non-hydrogen) atoms. The summed E-state index contributed by atoms with van der Waals surface area (Å²) in [6, 6.07) is 16.8. The van der Waals surface area contributed by atoms with Gasteiger partial charge in [0, 0.05) is 30.0 Å². The normalized spacial score (nSPS) is 18.6. The topological polar surface area (TPSA) is 70.4 Å². The Morgan fingerprint density at radius 2 is 1.90 bits per heavy atom. The summed E-state index contributed by atoms with van der Waals surface area (Å²) in [5, 5.41) is 9.51. The van der Waals surface area contributed by atoms with E-state index in [1.807, 2.05) is 30.3 Å². The van der Waals surface area contributed by atoms with Crippen LogP contribution in [0.15, 0.2) is 72.5 Å². The lowest BCUT2D eigenvalue weighted by atomic mass is 9.77. The van der Waals surface area contributed by atoms with Crippen molar-refractivity contribution in [2.24, 2.45) is 0 Å². The third-order valence-electron chi connectivity index (χ3n) is 5.59. The van der Waals surface area contributed by atoms with Crippen LogP contribution < -0.4 is 9.64 Å². The van der Waals surface area contributed by atoms with Crippen molar-refractivity contribution in [2.75, 3.05) is 11.5 Å². The quantitative estimate of drug-likeness (QED) is 0.688. The molecule has 0 saturated heterocycles. The van der Waals surface area contributed by atoms with E-state index >= 15 is 0 Å². The van der Waals surface area contributed by atoms with Crippen molar-refractivity contribution in [1.82, 2.24) is 0 Å². The second-order valence-electron chi connectivity index (χ2n) is 7.42. The maximum Gasteiger partial charge on any atom is 0.232 e. The molecule has 1 aliphatic carbocycles. The van der Waals surface area contributed by atoms with E-state index in [9.17, 15) is 14.9 Å². The van der Waals surface area contributed by atoms with Gasteiger partial charge in [0.15, 0.2) is 5.78 Å². The van der Waals surface area contributed by atoms with E-state index in [2.05, 4.69) is 12.6 Å². The van der Waals surface area contributed by atoms with E-state index in [0.29, 0.717) is 42.7 Å². The van der Waals surface area contributed by atoms with E-state index in [1.165, 1.54) is 0 Å². The number of amides is 1. The summed E-state index contributed by atoms with van der Waals surface area (Å²) in [4.78, 5) is 27.8. The van der Waals surface area contributed by atoms with Gasteiger partial charge in [-0.1, -0.05) is 36.9 Å². The molecule has 2 aromatic rings. The van der Waals surface area contributed by atoms with Crippen LogP contribution in [0, 0.1) is 11.3 Å². The zero-order valence-electron chi connectivity index (χ0n) is 16.6. The summed E-state index contributed by atoms with van der Waals surface area (Å²) in [5.41, 5.74) is 3.34. The van der Waals surface area contributed by atoms with Gasteiger partial charge in [-0.05, 0) is 42.7 Å². The number of para-hydroxylation sites is 1. The van der Waals surface area contributed by atoms with Crippen molar-refractivity contribution in [3.63, 3.8) is 0 Å². The van der Waals surface area contributed by atoms with Crippen molar-refractivity contribution < 1.29 is 14.3 Å². The van der Waals surface area contributed by atoms with Gasteiger partial charge in [-0.3, -0.25) is 14.5 Å². The Balaban J connectivity index is 1.78.